The van der Waals surface area contributed by atoms with Crippen LogP contribution in [0.4, 0.5) is 41.4 Å². The van der Waals surface area contributed by atoms with Gasteiger partial charge in [0, 0.05) is 74.4 Å². The standard InChI is InChI=1S/C24H26FN8O7P.C22H22FN8O7P.2Na/c1-37-41(36,38-2)39-15-23(34)33-10-9-30(16-28-33)22-6-3-17(12-26-22)20-5-4-18(11-21(20)25)32-14-19(40-24(32)35)13-31-8-7-27-29-31;23-19-9-16(30-12-17(38-22(30)33)11-29-6-5-25-27-29)2-3-18(19)15-1-4-20(24-10-15)28-7-8-31(26-14-28)21(32)13-37-39(34,35)36;;/h3-8,11-12,16,19H,9-10,13-15H2,1-2H3;1-6,9-10,14,17H,7-8,11-13H2,(H2,34,35,36);;/q;;2*+1/p-2/t19-;17-;;/m00../s1. The maximum absolute atomic E-state index is 15.1. The van der Waals surface area contributed by atoms with E-state index in [4.69, 9.17) is 14.0 Å². The number of cyclic esters (lactones) is 2. The van der Waals surface area contributed by atoms with E-state index in [1.54, 1.807) is 80.1 Å². The first-order chi connectivity index (χ1) is 38.4. The quantitative estimate of drug-likeness (QED) is 0.0594. The van der Waals surface area contributed by atoms with Gasteiger partial charge in [-0.25, -0.2) is 52.3 Å². The summed E-state index contributed by atoms with van der Waals surface area (Å²) in [6.45, 7) is 0.676. The molecule has 36 heteroatoms. The van der Waals surface area contributed by atoms with Crippen LogP contribution in [0.1, 0.15) is 0 Å². The van der Waals surface area contributed by atoms with Crippen LogP contribution >= 0.6 is 15.6 Å². The third-order valence-corrected chi connectivity index (χ3v) is 14.0. The fourth-order valence-corrected chi connectivity index (χ4v) is 9.08. The molecular formula is C46H46F2N16Na2O14P2. The molecule has 0 saturated carbocycles. The Bertz CT molecular complexity index is 3350. The molecule has 0 N–H and O–H groups in total. The Morgan fingerprint density at radius 2 is 1.09 bits per heavy atom. The molecule has 4 amide bonds. The summed E-state index contributed by atoms with van der Waals surface area (Å²) in [6, 6.07) is 15.7. The Morgan fingerprint density at radius 3 is 1.43 bits per heavy atom. The van der Waals surface area contributed by atoms with Gasteiger partial charge in [0.1, 0.15) is 61.4 Å². The molecule has 0 radical (unpaired) electrons. The van der Waals surface area contributed by atoms with Gasteiger partial charge in [-0.3, -0.25) is 33.0 Å². The third-order valence-electron chi connectivity index (χ3n) is 12.2. The summed E-state index contributed by atoms with van der Waals surface area (Å²) in [7, 11) is -6.74. The van der Waals surface area contributed by atoms with E-state index in [2.05, 4.69) is 54.4 Å². The molecule has 4 aliphatic heterocycles. The summed E-state index contributed by atoms with van der Waals surface area (Å²) in [6.07, 6.45) is 10.1. The second kappa shape index (κ2) is 28.2. The van der Waals surface area contributed by atoms with Crippen LogP contribution < -0.4 is 88.5 Å². The summed E-state index contributed by atoms with van der Waals surface area (Å²) in [5.41, 5.74) is 2.36. The number of anilines is 4. The van der Waals surface area contributed by atoms with E-state index >= 15 is 8.78 Å². The van der Waals surface area contributed by atoms with Gasteiger partial charge in [0.2, 0.25) is 0 Å². The largest absolute Gasteiger partial charge is 1.00 e. The molecular weight excluding hydrogens is 1150 g/mol. The number of amides is 4. The zero-order valence-corrected chi connectivity index (χ0v) is 49.9. The van der Waals surface area contributed by atoms with Crippen LogP contribution in [0.25, 0.3) is 22.3 Å². The van der Waals surface area contributed by atoms with Crippen molar-refractivity contribution in [3.8, 4) is 22.3 Å². The number of aromatic nitrogens is 8. The number of phosphoric ester groups is 2. The molecule has 2 atom stereocenters. The van der Waals surface area contributed by atoms with Crippen molar-refractivity contribution in [1.82, 2.24) is 50.0 Å². The van der Waals surface area contributed by atoms with E-state index in [1.807, 2.05) is 0 Å². The number of pyridine rings is 2. The maximum Gasteiger partial charge on any atom is 1.00 e. The van der Waals surface area contributed by atoms with Crippen molar-refractivity contribution in [3.63, 3.8) is 0 Å². The first kappa shape index (κ1) is 63.1. The molecule has 4 aromatic heterocycles. The monoisotopic (exact) mass is 1190 g/mol. The minimum atomic E-state index is -5.26. The summed E-state index contributed by atoms with van der Waals surface area (Å²) < 4.78 is 84.7. The van der Waals surface area contributed by atoms with Crippen LogP contribution in [0.2, 0.25) is 0 Å². The number of hydrogen-bond acceptors (Lipinski definition) is 24. The van der Waals surface area contributed by atoms with Crippen LogP contribution in [0.15, 0.2) is 108 Å². The normalized spacial score (nSPS) is 17.0. The van der Waals surface area contributed by atoms with Crippen molar-refractivity contribution in [1.29, 1.82) is 0 Å². The van der Waals surface area contributed by atoms with Crippen LogP contribution in [-0.4, -0.2) is 166 Å². The Hall–Kier alpha value is -6.48. The Morgan fingerprint density at radius 1 is 0.646 bits per heavy atom. The van der Waals surface area contributed by atoms with Crippen LogP contribution in [0.3, 0.4) is 0 Å². The molecule has 4 aliphatic rings. The molecule has 0 unspecified atom stereocenters. The molecule has 6 aromatic rings. The zero-order valence-electron chi connectivity index (χ0n) is 44.1. The van der Waals surface area contributed by atoms with Gasteiger partial charge in [-0.05, 0) is 60.7 Å². The number of hydrazone groups is 2. The predicted molar refractivity (Wildman–Crippen MR) is 271 cm³/mol. The van der Waals surface area contributed by atoms with Gasteiger partial charge in [0.15, 0.2) is 0 Å². The molecule has 0 aliphatic carbocycles. The summed E-state index contributed by atoms with van der Waals surface area (Å²) in [5.74, 6) is -1.36. The minimum absolute atomic E-state index is 0. The van der Waals surface area contributed by atoms with E-state index in [0.29, 0.717) is 59.3 Å². The Balaban J connectivity index is 0.000000231. The number of phosphoric acid groups is 2. The molecule has 0 spiro atoms. The van der Waals surface area contributed by atoms with Gasteiger partial charge in [0.25, 0.3) is 11.8 Å². The van der Waals surface area contributed by atoms with Crippen molar-refractivity contribution < 1.29 is 134 Å². The number of hydrogen-bond donors (Lipinski definition) is 0. The van der Waals surface area contributed by atoms with E-state index in [-0.39, 0.29) is 97.4 Å². The van der Waals surface area contributed by atoms with E-state index in [0.717, 1.165) is 19.2 Å². The molecule has 2 saturated heterocycles. The third kappa shape index (κ3) is 16.0. The van der Waals surface area contributed by atoms with Gasteiger partial charge < -0.3 is 38.1 Å². The van der Waals surface area contributed by atoms with Crippen LogP contribution in [0, 0.1) is 11.6 Å². The van der Waals surface area contributed by atoms with E-state index < -0.39 is 76.7 Å². The fraction of sp³-hybridized carbons (Fsp3) is 0.304. The number of halogens is 2. The molecule has 2 fully saturated rings. The number of carbonyl (C=O) groups is 4. The van der Waals surface area contributed by atoms with Gasteiger partial charge in [-0.2, -0.15) is 10.2 Å². The second-order valence-corrected chi connectivity index (χ2v) is 20.3. The Labute approximate surface area is 508 Å². The average molecular weight is 1190 g/mol. The first-order valence-electron chi connectivity index (χ1n) is 23.9. The Kier molecular flexibility index (Phi) is 21.7. The molecule has 10 rings (SSSR count). The van der Waals surface area contributed by atoms with Crippen LogP contribution in [0.5, 0.6) is 0 Å². The van der Waals surface area contributed by atoms with E-state index in [9.17, 15) is 38.1 Å². The van der Waals surface area contributed by atoms with Crippen molar-refractivity contribution in [2.75, 3.05) is 86.3 Å². The van der Waals surface area contributed by atoms with Gasteiger partial charge >= 0.3 is 79.1 Å². The summed E-state index contributed by atoms with van der Waals surface area (Å²) >= 11 is 0. The SMILES string of the molecule is COP(=O)(OC)OCC(=O)N1CCN(c2ccc(-c3ccc(N4C[C@H](Cn5ccnn5)OC4=O)cc3F)cn2)C=N1.O=C(COP(=O)([O-])[O-])N1CCN(c2ccc(-c3ccc(N4C[C@H](Cn5ccnn5)OC4=O)cc3F)cn2)C=N1.[Na+].[Na+]. The van der Waals surface area contributed by atoms with Crippen molar-refractivity contribution in [2.24, 2.45) is 10.2 Å². The van der Waals surface area contributed by atoms with Crippen molar-refractivity contribution >= 4 is 75.3 Å². The number of benzene rings is 2. The molecule has 2 aromatic carbocycles. The van der Waals surface area contributed by atoms with Crippen molar-refractivity contribution in [3.05, 3.63) is 109 Å². The molecule has 8 heterocycles. The molecule has 0 bridgehead atoms. The summed E-state index contributed by atoms with van der Waals surface area (Å²) in [4.78, 5) is 84.8. The van der Waals surface area contributed by atoms with Gasteiger partial charge in [0.05, 0.1) is 70.9 Å². The maximum atomic E-state index is 15.1. The second-order valence-electron chi connectivity index (χ2n) is 17.3. The molecule has 82 heavy (non-hydrogen) atoms. The summed E-state index contributed by atoms with van der Waals surface area (Å²) in [5, 5.41) is 25.3. The van der Waals surface area contributed by atoms with Gasteiger partial charge in [-0.1, -0.05) is 10.4 Å². The van der Waals surface area contributed by atoms with E-state index in [1.165, 1.54) is 64.4 Å². The number of carbonyl (C=O) groups excluding carboxylic acids is 4. The topological polar surface area (TPSA) is 335 Å². The van der Waals surface area contributed by atoms with Gasteiger partial charge in [-0.15, -0.1) is 10.2 Å². The predicted octanol–water partition coefficient (Wildman–Crippen LogP) is -3.54. The molecule has 30 nitrogen and oxygen atoms in total. The molecule has 420 valence electrons. The smallest absolute Gasteiger partial charge is 0.790 e. The minimum Gasteiger partial charge on any atom is -0.790 e. The number of rotatable bonds is 18. The average Bonchev–Trinajstić information content (AvgIpc) is 4.43. The fourth-order valence-electron chi connectivity index (χ4n) is 8.18. The van der Waals surface area contributed by atoms with Crippen LogP contribution in [-0.2, 0) is 59.4 Å². The number of ether oxygens (including phenoxy) is 2. The number of nitrogens with zero attached hydrogens (tertiary/aromatic N) is 16. The first-order valence-corrected chi connectivity index (χ1v) is 26.8. The zero-order chi connectivity index (χ0) is 56.6. The van der Waals surface area contributed by atoms with Crippen molar-refractivity contribution in [2.45, 2.75) is 25.3 Å².